The van der Waals surface area contributed by atoms with E-state index in [1.54, 1.807) is 24.3 Å². The van der Waals surface area contributed by atoms with Crippen LogP contribution in [0.15, 0.2) is 54.6 Å². The number of alkyl carbamates (subject to hydrolysis) is 1. The Labute approximate surface area is 205 Å². The second-order valence-corrected chi connectivity index (χ2v) is 7.69. The van der Waals surface area contributed by atoms with Gasteiger partial charge in [-0.05, 0) is 16.6 Å². The summed E-state index contributed by atoms with van der Waals surface area (Å²) in [5, 5.41) is 15.1. The number of nitrogens with one attached hydrogen (secondary N) is 2. The minimum Gasteiger partial charge on any atom is -0.467 e. The average molecular weight is 486 g/mol. The predicted molar refractivity (Wildman–Crippen MR) is 129 cm³/mol. The van der Waals surface area contributed by atoms with Crippen molar-refractivity contribution >= 4 is 30.6 Å². The van der Waals surface area contributed by atoms with E-state index in [9.17, 15) is 19.5 Å². The van der Waals surface area contributed by atoms with E-state index in [0.717, 1.165) is 16.6 Å². The molecular formula is C24H31BN2O8. The van der Waals surface area contributed by atoms with Gasteiger partial charge in [0.05, 0.1) is 19.6 Å². The predicted octanol–water partition coefficient (Wildman–Crippen LogP) is 0.552. The van der Waals surface area contributed by atoms with E-state index in [0.29, 0.717) is 0 Å². The summed E-state index contributed by atoms with van der Waals surface area (Å²) in [6.45, 7) is -0.103. The van der Waals surface area contributed by atoms with Crippen LogP contribution in [0.25, 0.3) is 0 Å². The van der Waals surface area contributed by atoms with Crippen molar-refractivity contribution in [2.24, 2.45) is 0 Å². The number of aliphatic hydroxyl groups excluding tert-OH is 1. The summed E-state index contributed by atoms with van der Waals surface area (Å²) >= 11 is 0. The molecule has 35 heavy (non-hydrogen) atoms. The number of benzene rings is 2. The van der Waals surface area contributed by atoms with Crippen molar-refractivity contribution in [1.29, 1.82) is 0 Å². The number of methoxy groups -OCH3 is 1. The number of hydrogen-bond acceptors (Lipinski definition) is 8. The molecule has 188 valence electrons. The van der Waals surface area contributed by atoms with Gasteiger partial charge >= 0.3 is 19.2 Å². The molecule has 0 fully saturated rings. The van der Waals surface area contributed by atoms with Crippen molar-refractivity contribution < 1.29 is 38.3 Å². The number of amides is 2. The van der Waals surface area contributed by atoms with Crippen LogP contribution in [0, 0.1) is 0 Å². The largest absolute Gasteiger partial charge is 0.493 e. The first-order valence-corrected chi connectivity index (χ1v) is 11.0. The Morgan fingerprint density at radius 2 is 1.60 bits per heavy atom. The van der Waals surface area contributed by atoms with Gasteiger partial charge in [-0.3, -0.25) is 4.79 Å². The number of aliphatic hydroxyl groups is 1. The Bertz CT molecular complexity index is 938. The summed E-state index contributed by atoms with van der Waals surface area (Å²) in [4.78, 5) is 36.4. The Balaban J connectivity index is 1.82. The topological polar surface area (TPSA) is 132 Å². The number of esters is 1. The molecule has 2 rings (SSSR count). The molecule has 10 nitrogen and oxygen atoms in total. The first-order chi connectivity index (χ1) is 16.9. The van der Waals surface area contributed by atoms with Crippen LogP contribution in [0.1, 0.15) is 17.5 Å². The summed E-state index contributed by atoms with van der Waals surface area (Å²) in [7, 11) is 3.78. The van der Waals surface area contributed by atoms with Gasteiger partial charge in [-0.2, -0.15) is 0 Å². The lowest BCUT2D eigenvalue weighted by atomic mass is 9.78. The Hall–Kier alpha value is -3.41. The first-order valence-electron chi connectivity index (χ1n) is 11.0. The molecule has 0 heterocycles. The normalized spacial score (nSPS) is 12.2. The van der Waals surface area contributed by atoms with Gasteiger partial charge in [0.1, 0.15) is 12.6 Å². The lowest BCUT2D eigenvalue weighted by Crippen LogP contribution is -2.45. The van der Waals surface area contributed by atoms with Crippen LogP contribution >= 0.6 is 0 Å². The zero-order chi connectivity index (χ0) is 25.6. The van der Waals surface area contributed by atoms with Crippen LogP contribution in [-0.2, 0) is 41.4 Å². The van der Waals surface area contributed by atoms with Gasteiger partial charge in [0.2, 0.25) is 5.91 Å². The third-order valence-electron chi connectivity index (χ3n) is 5.06. The zero-order valence-corrected chi connectivity index (χ0v) is 20.1. The van der Waals surface area contributed by atoms with E-state index in [1.807, 2.05) is 30.3 Å². The summed E-state index contributed by atoms with van der Waals surface area (Å²) in [6, 6.07) is 15.4. The number of carbonyl (C=O) groups excluding carboxylic acids is 3. The molecule has 0 aliphatic rings. The van der Waals surface area contributed by atoms with Gasteiger partial charge in [0.15, 0.2) is 0 Å². The van der Waals surface area contributed by atoms with Crippen LogP contribution in [-0.4, -0.2) is 70.2 Å². The minimum absolute atomic E-state index is 0.0859. The van der Waals surface area contributed by atoms with Crippen molar-refractivity contribution in [2.75, 3.05) is 27.9 Å². The summed E-state index contributed by atoms with van der Waals surface area (Å²) in [6.07, 6.45) is -2.02. The fraction of sp³-hybridized carbons (Fsp3) is 0.375. The molecule has 0 saturated carbocycles. The zero-order valence-electron chi connectivity index (χ0n) is 20.1. The molecule has 0 saturated heterocycles. The van der Waals surface area contributed by atoms with Crippen LogP contribution in [0.4, 0.5) is 4.79 Å². The standard InChI is InChI=1S/C24H31BN2O8/c1-32-23(30)21(13-17-9-11-19(12-10-17)25(33-2)34-3)27-22(29)14-20(28)15-26-24(31)35-16-18-7-5-4-6-8-18/h4-12,20-21,28H,13-16H2,1-3H3,(H,26,31)(H,27,29)/t20-,21-/m0/s1. The van der Waals surface area contributed by atoms with Crippen LogP contribution < -0.4 is 16.1 Å². The average Bonchev–Trinajstić information content (AvgIpc) is 2.87. The lowest BCUT2D eigenvalue weighted by molar-refractivity contribution is -0.145. The number of ether oxygens (including phenoxy) is 2. The van der Waals surface area contributed by atoms with Gasteiger partial charge in [-0.15, -0.1) is 0 Å². The highest BCUT2D eigenvalue weighted by molar-refractivity contribution is 6.61. The van der Waals surface area contributed by atoms with E-state index in [-0.39, 0.29) is 26.0 Å². The fourth-order valence-electron chi connectivity index (χ4n) is 3.27. The summed E-state index contributed by atoms with van der Waals surface area (Å²) in [5.74, 6) is -1.19. The molecule has 2 atom stereocenters. The van der Waals surface area contributed by atoms with Crippen molar-refractivity contribution in [2.45, 2.75) is 31.6 Å². The lowest BCUT2D eigenvalue weighted by Gasteiger charge is -2.18. The molecule has 2 amide bonds. The van der Waals surface area contributed by atoms with Crippen molar-refractivity contribution in [3.63, 3.8) is 0 Å². The second-order valence-electron chi connectivity index (χ2n) is 7.69. The van der Waals surface area contributed by atoms with Crippen molar-refractivity contribution in [3.8, 4) is 0 Å². The smallest absolute Gasteiger partial charge is 0.467 e. The molecule has 0 spiro atoms. The van der Waals surface area contributed by atoms with Gasteiger partial charge in [0.25, 0.3) is 0 Å². The second kappa shape index (κ2) is 14.8. The quantitative estimate of drug-likeness (QED) is 0.276. The molecule has 3 N–H and O–H groups in total. The third-order valence-corrected chi connectivity index (χ3v) is 5.06. The van der Waals surface area contributed by atoms with Crippen molar-refractivity contribution in [1.82, 2.24) is 10.6 Å². The van der Waals surface area contributed by atoms with E-state index in [1.165, 1.54) is 21.3 Å². The van der Waals surface area contributed by atoms with Crippen LogP contribution in [0.2, 0.25) is 0 Å². The molecule has 11 heteroatoms. The van der Waals surface area contributed by atoms with E-state index >= 15 is 0 Å². The van der Waals surface area contributed by atoms with E-state index in [4.69, 9.17) is 18.8 Å². The molecule has 0 aliphatic carbocycles. The monoisotopic (exact) mass is 486 g/mol. The maximum Gasteiger partial charge on any atom is 0.493 e. The minimum atomic E-state index is -1.17. The molecule has 0 aromatic heterocycles. The van der Waals surface area contributed by atoms with E-state index < -0.39 is 37.2 Å². The number of hydrogen-bond donors (Lipinski definition) is 3. The van der Waals surface area contributed by atoms with Gasteiger partial charge in [0, 0.05) is 27.2 Å². The molecule has 0 radical (unpaired) electrons. The SMILES string of the molecule is COB(OC)c1ccc(C[C@H](NC(=O)C[C@H](O)CNC(=O)OCc2ccccc2)C(=O)OC)cc1. The molecule has 0 bridgehead atoms. The van der Waals surface area contributed by atoms with Gasteiger partial charge in [-0.1, -0.05) is 54.6 Å². The number of carbonyl (C=O) groups is 3. The van der Waals surface area contributed by atoms with Gasteiger partial charge in [-0.25, -0.2) is 9.59 Å². The highest BCUT2D eigenvalue weighted by Crippen LogP contribution is 2.06. The molecule has 2 aromatic rings. The highest BCUT2D eigenvalue weighted by Gasteiger charge is 2.24. The Kier molecular flexibility index (Phi) is 11.7. The number of rotatable bonds is 13. The maximum absolute atomic E-state index is 12.4. The van der Waals surface area contributed by atoms with Crippen LogP contribution in [0.3, 0.4) is 0 Å². The highest BCUT2D eigenvalue weighted by atomic mass is 16.6. The van der Waals surface area contributed by atoms with Crippen LogP contribution in [0.5, 0.6) is 0 Å². The summed E-state index contributed by atoms with van der Waals surface area (Å²) in [5.41, 5.74) is 2.40. The Morgan fingerprint density at radius 1 is 0.943 bits per heavy atom. The molecule has 0 unspecified atom stereocenters. The van der Waals surface area contributed by atoms with Gasteiger partial charge < -0.3 is 34.5 Å². The van der Waals surface area contributed by atoms with Crippen molar-refractivity contribution in [3.05, 3.63) is 65.7 Å². The summed E-state index contributed by atoms with van der Waals surface area (Å²) < 4.78 is 20.3. The molecule has 2 aromatic carbocycles. The third kappa shape index (κ3) is 9.77. The first kappa shape index (κ1) is 27.8. The molecular weight excluding hydrogens is 455 g/mol. The van der Waals surface area contributed by atoms with E-state index in [2.05, 4.69) is 10.6 Å². The molecule has 0 aliphatic heterocycles. The maximum atomic E-state index is 12.4. The fourth-order valence-corrected chi connectivity index (χ4v) is 3.27. The Morgan fingerprint density at radius 3 is 2.20 bits per heavy atom.